The Balaban J connectivity index is 1.82. The maximum absolute atomic E-state index is 5.92. The smallest absolute Gasteiger partial charge is 0.142 e. The molecule has 1 fully saturated rings. The molecule has 16 heavy (non-hydrogen) atoms. The normalized spacial score (nSPS) is 20.9. The highest BCUT2D eigenvalue weighted by atomic mass is 15.1. The highest BCUT2D eigenvalue weighted by Gasteiger charge is 2.21. The van der Waals surface area contributed by atoms with Crippen LogP contribution in [-0.2, 0) is 6.54 Å². The minimum atomic E-state index is 0.329. The predicted octanol–water partition coefficient (Wildman–Crippen LogP) is 1.04. The van der Waals surface area contributed by atoms with Gasteiger partial charge in [0.1, 0.15) is 5.82 Å². The number of nitrogens with two attached hydrogens (primary N) is 1. The number of hydrogen-bond acceptors (Lipinski definition) is 4. The Kier molecular flexibility index (Phi) is 3.85. The molecule has 2 rings (SSSR count). The second-order valence-electron chi connectivity index (χ2n) is 4.64. The quantitative estimate of drug-likeness (QED) is 0.827. The summed E-state index contributed by atoms with van der Waals surface area (Å²) in [6.45, 7) is 5.21. The fourth-order valence-electron chi connectivity index (χ4n) is 2.25. The summed E-state index contributed by atoms with van der Waals surface area (Å²) in [5.41, 5.74) is 5.92. The van der Waals surface area contributed by atoms with Crippen LogP contribution in [0.4, 0.5) is 0 Å². The standard InChI is InChI=1S/C12H20N4/c1-10(13)11-3-7-16(8-4-11)9-12-14-5-2-6-15-12/h2,5-6,10-11H,3-4,7-9,13H2,1H3. The molecule has 0 aromatic carbocycles. The number of nitrogens with zero attached hydrogens (tertiary/aromatic N) is 3. The fraction of sp³-hybridized carbons (Fsp3) is 0.667. The molecule has 1 atom stereocenters. The van der Waals surface area contributed by atoms with E-state index in [9.17, 15) is 0 Å². The van der Waals surface area contributed by atoms with Crippen LogP contribution in [0, 0.1) is 5.92 Å². The van der Waals surface area contributed by atoms with Gasteiger partial charge in [0.15, 0.2) is 0 Å². The molecule has 1 saturated heterocycles. The highest BCUT2D eigenvalue weighted by Crippen LogP contribution is 2.20. The number of likely N-dealkylation sites (tertiary alicyclic amines) is 1. The van der Waals surface area contributed by atoms with Crippen molar-refractivity contribution in [2.45, 2.75) is 32.4 Å². The van der Waals surface area contributed by atoms with Crippen molar-refractivity contribution >= 4 is 0 Å². The Hall–Kier alpha value is -1.00. The molecule has 1 aromatic heterocycles. The Morgan fingerprint density at radius 2 is 2.00 bits per heavy atom. The molecule has 0 saturated carbocycles. The largest absolute Gasteiger partial charge is 0.328 e. The van der Waals surface area contributed by atoms with Crippen LogP contribution in [0.3, 0.4) is 0 Å². The first-order valence-electron chi connectivity index (χ1n) is 5.99. The van der Waals surface area contributed by atoms with Crippen molar-refractivity contribution in [3.63, 3.8) is 0 Å². The maximum Gasteiger partial charge on any atom is 0.142 e. The van der Waals surface area contributed by atoms with Gasteiger partial charge in [-0.1, -0.05) is 0 Å². The Morgan fingerprint density at radius 3 is 2.56 bits per heavy atom. The van der Waals surface area contributed by atoms with Crippen LogP contribution in [0.1, 0.15) is 25.6 Å². The van der Waals surface area contributed by atoms with Gasteiger partial charge >= 0.3 is 0 Å². The van der Waals surface area contributed by atoms with Gasteiger partial charge in [0.05, 0.1) is 6.54 Å². The second kappa shape index (κ2) is 5.37. The van der Waals surface area contributed by atoms with Gasteiger partial charge in [0, 0.05) is 18.4 Å². The van der Waals surface area contributed by atoms with E-state index in [1.54, 1.807) is 12.4 Å². The third-order valence-electron chi connectivity index (χ3n) is 3.36. The van der Waals surface area contributed by atoms with Crippen molar-refractivity contribution in [1.82, 2.24) is 14.9 Å². The molecule has 2 heterocycles. The first-order valence-corrected chi connectivity index (χ1v) is 5.99. The summed E-state index contributed by atoms with van der Waals surface area (Å²) in [5.74, 6) is 1.61. The summed E-state index contributed by atoms with van der Waals surface area (Å²) in [6, 6.07) is 2.18. The second-order valence-corrected chi connectivity index (χ2v) is 4.64. The van der Waals surface area contributed by atoms with Gasteiger partial charge in [-0.3, -0.25) is 4.90 Å². The van der Waals surface area contributed by atoms with E-state index in [2.05, 4.69) is 21.8 Å². The molecule has 88 valence electrons. The lowest BCUT2D eigenvalue weighted by Gasteiger charge is -2.33. The van der Waals surface area contributed by atoms with E-state index in [1.807, 2.05) is 6.07 Å². The van der Waals surface area contributed by atoms with Gasteiger partial charge in [0.2, 0.25) is 0 Å². The van der Waals surface area contributed by atoms with Crippen molar-refractivity contribution in [1.29, 1.82) is 0 Å². The summed E-state index contributed by atoms with van der Waals surface area (Å²) in [7, 11) is 0. The van der Waals surface area contributed by atoms with Crippen molar-refractivity contribution in [3.8, 4) is 0 Å². The molecule has 0 spiro atoms. The Labute approximate surface area is 96.9 Å². The molecule has 2 N–H and O–H groups in total. The first-order chi connectivity index (χ1) is 7.75. The monoisotopic (exact) mass is 220 g/mol. The predicted molar refractivity (Wildman–Crippen MR) is 63.7 cm³/mol. The summed E-state index contributed by atoms with van der Waals surface area (Å²) >= 11 is 0. The molecule has 1 unspecified atom stereocenters. The molecule has 4 heteroatoms. The van der Waals surface area contributed by atoms with Crippen LogP contribution < -0.4 is 5.73 Å². The number of piperidine rings is 1. The van der Waals surface area contributed by atoms with E-state index in [0.717, 1.165) is 25.5 Å². The van der Waals surface area contributed by atoms with E-state index < -0.39 is 0 Å². The van der Waals surface area contributed by atoms with Crippen LogP contribution in [0.2, 0.25) is 0 Å². The topological polar surface area (TPSA) is 55.0 Å². The third kappa shape index (κ3) is 3.00. The van der Waals surface area contributed by atoms with Crippen LogP contribution >= 0.6 is 0 Å². The third-order valence-corrected chi connectivity index (χ3v) is 3.36. The van der Waals surface area contributed by atoms with Crippen molar-refractivity contribution in [3.05, 3.63) is 24.3 Å². The molecular weight excluding hydrogens is 200 g/mol. The van der Waals surface area contributed by atoms with Crippen LogP contribution in [0.25, 0.3) is 0 Å². The molecular formula is C12H20N4. The van der Waals surface area contributed by atoms with Crippen molar-refractivity contribution < 1.29 is 0 Å². The summed E-state index contributed by atoms with van der Waals surface area (Å²) in [4.78, 5) is 10.9. The maximum atomic E-state index is 5.92. The van der Waals surface area contributed by atoms with Crippen LogP contribution in [0.15, 0.2) is 18.5 Å². The number of hydrogen-bond donors (Lipinski definition) is 1. The van der Waals surface area contributed by atoms with Crippen LogP contribution in [-0.4, -0.2) is 34.0 Å². The van der Waals surface area contributed by atoms with Gasteiger partial charge in [-0.25, -0.2) is 9.97 Å². The van der Waals surface area contributed by atoms with Gasteiger partial charge in [-0.15, -0.1) is 0 Å². The zero-order valence-corrected chi connectivity index (χ0v) is 9.84. The molecule has 0 amide bonds. The minimum absolute atomic E-state index is 0.329. The Bertz CT molecular complexity index is 304. The Morgan fingerprint density at radius 1 is 1.38 bits per heavy atom. The van der Waals surface area contributed by atoms with Crippen LogP contribution in [0.5, 0.6) is 0 Å². The minimum Gasteiger partial charge on any atom is -0.328 e. The van der Waals surface area contributed by atoms with Gasteiger partial charge < -0.3 is 5.73 Å². The molecule has 0 bridgehead atoms. The molecule has 0 aliphatic carbocycles. The summed E-state index contributed by atoms with van der Waals surface area (Å²) in [6.07, 6.45) is 6.00. The SMILES string of the molecule is CC(N)C1CCN(Cc2ncccn2)CC1. The van der Waals surface area contributed by atoms with Crippen molar-refractivity contribution in [2.75, 3.05) is 13.1 Å². The molecule has 1 aliphatic heterocycles. The lowest BCUT2D eigenvalue weighted by atomic mass is 9.91. The molecule has 1 aromatic rings. The van der Waals surface area contributed by atoms with Gasteiger partial charge in [0.25, 0.3) is 0 Å². The lowest BCUT2D eigenvalue weighted by molar-refractivity contribution is 0.162. The molecule has 0 radical (unpaired) electrons. The lowest BCUT2D eigenvalue weighted by Crippen LogP contribution is -2.39. The molecule has 4 nitrogen and oxygen atoms in total. The average molecular weight is 220 g/mol. The molecule has 1 aliphatic rings. The number of aromatic nitrogens is 2. The zero-order chi connectivity index (χ0) is 11.4. The van der Waals surface area contributed by atoms with E-state index >= 15 is 0 Å². The zero-order valence-electron chi connectivity index (χ0n) is 9.84. The first kappa shape index (κ1) is 11.5. The van der Waals surface area contributed by atoms with E-state index in [0.29, 0.717) is 12.0 Å². The van der Waals surface area contributed by atoms with Gasteiger partial charge in [-0.05, 0) is 44.8 Å². The summed E-state index contributed by atoms with van der Waals surface area (Å²) in [5, 5.41) is 0. The van der Waals surface area contributed by atoms with E-state index in [-0.39, 0.29) is 0 Å². The fourth-order valence-corrected chi connectivity index (χ4v) is 2.25. The van der Waals surface area contributed by atoms with E-state index in [1.165, 1.54) is 12.8 Å². The number of rotatable bonds is 3. The van der Waals surface area contributed by atoms with Gasteiger partial charge in [-0.2, -0.15) is 0 Å². The van der Waals surface area contributed by atoms with Crippen molar-refractivity contribution in [2.24, 2.45) is 11.7 Å². The average Bonchev–Trinajstić information content (AvgIpc) is 2.31. The van der Waals surface area contributed by atoms with E-state index in [4.69, 9.17) is 5.73 Å². The summed E-state index contributed by atoms with van der Waals surface area (Å²) < 4.78 is 0. The highest BCUT2D eigenvalue weighted by molar-refractivity contribution is 4.89.